The number of benzene rings is 1. The van der Waals surface area contributed by atoms with Crippen LogP contribution >= 0.6 is 0 Å². The molecule has 2 aromatic rings. The Kier molecular flexibility index (Phi) is 6.02. The molecule has 0 unspecified atom stereocenters. The largest absolute Gasteiger partial charge is 0.366 e. The Hall–Kier alpha value is -3.14. The van der Waals surface area contributed by atoms with E-state index in [1.54, 1.807) is 6.20 Å². The highest BCUT2D eigenvalue weighted by Gasteiger charge is 2.45. The summed E-state index contributed by atoms with van der Waals surface area (Å²) >= 11 is 0. The van der Waals surface area contributed by atoms with Crippen LogP contribution in [-0.4, -0.2) is 28.5 Å². The smallest absolute Gasteiger partial charge is 0.224 e. The first-order chi connectivity index (χ1) is 13.8. The molecule has 0 bridgehead atoms. The van der Waals surface area contributed by atoms with Crippen molar-refractivity contribution in [3.63, 3.8) is 0 Å². The van der Waals surface area contributed by atoms with Crippen molar-refractivity contribution in [1.82, 2.24) is 9.97 Å². The fourth-order valence-corrected chi connectivity index (χ4v) is 3.49. The van der Waals surface area contributed by atoms with Crippen LogP contribution in [0.25, 0.3) is 0 Å². The first kappa shape index (κ1) is 20.6. The van der Waals surface area contributed by atoms with Gasteiger partial charge in [-0.15, -0.1) is 0 Å². The molecule has 1 aliphatic carbocycles. The maximum atomic E-state index is 11.1. The van der Waals surface area contributed by atoms with Crippen LogP contribution in [0.5, 0.6) is 0 Å². The number of carbonyl (C=O) groups is 1. The molecule has 2 atom stereocenters. The second-order valence-corrected chi connectivity index (χ2v) is 8.28. The number of amides is 1. The van der Waals surface area contributed by atoms with Crippen molar-refractivity contribution in [3.05, 3.63) is 41.6 Å². The summed E-state index contributed by atoms with van der Waals surface area (Å²) in [6.45, 7) is 8.88. The topological polar surface area (TPSA) is 103 Å². The van der Waals surface area contributed by atoms with Crippen molar-refractivity contribution in [1.29, 1.82) is 5.26 Å². The van der Waals surface area contributed by atoms with E-state index in [2.05, 4.69) is 52.8 Å². The summed E-state index contributed by atoms with van der Waals surface area (Å²) in [6, 6.07) is 10.2. The third kappa shape index (κ3) is 4.83. The summed E-state index contributed by atoms with van der Waals surface area (Å²) in [5, 5.41) is 18.8. The van der Waals surface area contributed by atoms with Crippen molar-refractivity contribution in [2.75, 3.05) is 22.5 Å². The van der Waals surface area contributed by atoms with Crippen LogP contribution in [0.3, 0.4) is 0 Å². The van der Waals surface area contributed by atoms with Gasteiger partial charge in [0, 0.05) is 25.2 Å². The van der Waals surface area contributed by atoms with E-state index in [-0.39, 0.29) is 11.3 Å². The second-order valence-electron chi connectivity index (χ2n) is 8.28. The van der Waals surface area contributed by atoms with Gasteiger partial charge in [0.15, 0.2) is 0 Å². The van der Waals surface area contributed by atoms with E-state index in [0.29, 0.717) is 35.8 Å². The van der Waals surface area contributed by atoms with E-state index in [4.69, 9.17) is 0 Å². The molecular formula is C22H28N6O. The van der Waals surface area contributed by atoms with E-state index in [1.165, 1.54) is 6.92 Å². The van der Waals surface area contributed by atoms with Gasteiger partial charge in [0.2, 0.25) is 11.9 Å². The number of rotatable bonds is 7. The van der Waals surface area contributed by atoms with Gasteiger partial charge >= 0.3 is 0 Å². The molecule has 29 heavy (non-hydrogen) atoms. The molecular weight excluding hydrogens is 364 g/mol. The molecule has 1 aromatic carbocycles. The number of hydrogen-bond donors (Lipinski definition) is 3. The molecule has 0 aliphatic heterocycles. The third-order valence-corrected chi connectivity index (χ3v) is 5.95. The number of nitrogens with one attached hydrogen (secondary N) is 3. The summed E-state index contributed by atoms with van der Waals surface area (Å²) in [5.41, 5.74) is 2.56. The lowest BCUT2D eigenvalue weighted by atomic mass is 9.59. The molecule has 152 valence electrons. The molecule has 1 aliphatic rings. The lowest BCUT2D eigenvalue weighted by Gasteiger charge is -2.51. The fourth-order valence-electron chi connectivity index (χ4n) is 3.49. The number of nitriles is 1. The summed E-state index contributed by atoms with van der Waals surface area (Å²) in [4.78, 5) is 19.9. The van der Waals surface area contributed by atoms with Crippen LogP contribution in [0.2, 0.25) is 0 Å². The van der Waals surface area contributed by atoms with E-state index in [0.717, 1.165) is 24.1 Å². The predicted molar refractivity (Wildman–Crippen MR) is 115 cm³/mol. The average Bonchev–Trinajstić information content (AvgIpc) is 2.69. The molecule has 1 fully saturated rings. The first-order valence-corrected chi connectivity index (χ1v) is 9.93. The van der Waals surface area contributed by atoms with Crippen LogP contribution < -0.4 is 16.0 Å². The second kappa shape index (κ2) is 8.48. The van der Waals surface area contributed by atoms with Gasteiger partial charge in [0.25, 0.3) is 0 Å². The molecule has 7 nitrogen and oxygen atoms in total. The number of hydrogen-bond acceptors (Lipinski definition) is 6. The Bertz CT molecular complexity index is 916. The molecule has 1 heterocycles. The maximum absolute atomic E-state index is 11.1. The molecule has 1 aromatic heterocycles. The van der Waals surface area contributed by atoms with E-state index >= 15 is 0 Å². The Morgan fingerprint density at radius 2 is 2.03 bits per heavy atom. The van der Waals surface area contributed by atoms with Crippen molar-refractivity contribution in [2.24, 2.45) is 11.3 Å². The van der Waals surface area contributed by atoms with Crippen LogP contribution in [0.15, 0.2) is 30.5 Å². The van der Waals surface area contributed by atoms with Crippen LogP contribution in [-0.2, 0) is 11.2 Å². The van der Waals surface area contributed by atoms with Gasteiger partial charge in [0.05, 0.1) is 6.20 Å². The molecule has 0 saturated heterocycles. The zero-order valence-electron chi connectivity index (χ0n) is 17.4. The van der Waals surface area contributed by atoms with Crippen molar-refractivity contribution < 1.29 is 4.79 Å². The molecule has 0 radical (unpaired) electrons. The van der Waals surface area contributed by atoms with Gasteiger partial charge in [-0.25, -0.2) is 4.98 Å². The number of carbonyl (C=O) groups excluding carboxylic acids is 1. The Labute approximate surface area is 172 Å². The van der Waals surface area contributed by atoms with Crippen LogP contribution in [0.4, 0.5) is 17.5 Å². The lowest BCUT2D eigenvalue weighted by Crippen LogP contribution is -2.52. The minimum Gasteiger partial charge on any atom is -0.366 e. The van der Waals surface area contributed by atoms with Gasteiger partial charge in [-0.2, -0.15) is 10.2 Å². The minimum atomic E-state index is -0.0819. The van der Waals surface area contributed by atoms with Gasteiger partial charge in [-0.1, -0.05) is 32.9 Å². The zero-order chi connectivity index (χ0) is 21.0. The highest BCUT2D eigenvalue weighted by atomic mass is 16.1. The van der Waals surface area contributed by atoms with Gasteiger partial charge < -0.3 is 16.0 Å². The van der Waals surface area contributed by atoms with E-state index in [1.807, 2.05) is 24.3 Å². The summed E-state index contributed by atoms with van der Waals surface area (Å²) in [6.07, 6.45) is 3.42. The van der Waals surface area contributed by atoms with E-state index < -0.39 is 0 Å². The quantitative estimate of drug-likeness (QED) is 0.662. The van der Waals surface area contributed by atoms with Gasteiger partial charge in [0.1, 0.15) is 17.5 Å². The molecule has 3 rings (SSSR count). The Balaban J connectivity index is 1.58. The molecule has 7 heteroatoms. The SMILES string of the molecule is CC(=O)Nc1ccc(CCNc2ncc(C#N)c(N[C@@H]3C[C@H](C)C3(C)C)n2)cc1. The first-order valence-electron chi connectivity index (χ1n) is 9.93. The highest BCUT2D eigenvalue weighted by molar-refractivity contribution is 5.88. The minimum absolute atomic E-state index is 0.0819. The van der Waals surface area contributed by atoms with Crippen molar-refractivity contribution in [3.8, 4) is 6.07 Å². The Morgan fingerprint density at radius 3 is 2.62 bits per heavy atom. The molecule has 1 amide bonds. The van der Waals surface area contributed by atoms with Gasteiger partial charge in [-0.05, 0) is 41.9 Å². The number of aromatic nitrogens is 2. The standard InChI is InChI=1S/C22H28N6O/c1-14-11-19(22(14,3)4)27-20-17(12-23)13-25-21(28-20)24-10-9-16-5-7-18(8-6-16)26-15(2)29/h5-8,13-14,19H,9-11H2,1-4H3,(H,26,29)(H2,24,25,27,28)/t14-,19+/m0/s1. The molecule has 3 N–H and O–H groups in total. The predicted octanol–water partition coefficient (Wildman–Crippen LogP) is 3.81. The third-order valence-electron chi connectivity index (χ3n) is 5.95. The van der Waals surface area contributed by atoms with Crippen molar-refractivity contribution >= 4 is 23.4 Å². The van der Waals surface area contributed by atoms with E-state index in [9.17, 15) is 10.1 Å². The van der Waals surface area contributed by atoms with Crippen LogP contribution in [0, 0.1) is 22.7 Å². The normalized spacial score (nSPS) is 19.6. The summed E-state index contributed by atoms with van der Waals surface area (Å²) in [7, 11) is 0. The Morgan fingerprint density at radius 1 is 1.31 bits per heavy atom. The summed E-state index contributed by atoms with van der Waals surface area (Å²) < 4.78 is 0. The lowest BCUT2D eigenvalue weighted by molar-refractivity contribution is -0.114. The van der Waals surface area contributed by atoms with Crippen LogP contribution in [0.1, 0.15) is 45.2 Å². The zero-order valence-corrected chi connectivity index (χ0v) is 17.4. The monoisotopic (exact) mass is 392 g/mol. The summed E-state index contributed by atoms with van der Waals surface area (Å²) in [5.74, 6) is 1.66. The highest BCUT2D eigenvalue weighted by Crippen LogP contribution is 2.47. The van der Waals surface area contributed by atoms with Gasteiger partial charge in [-0.3, -0.25) is 4.79 Å². The molecule has 1 saturated carbocycles. The number of anilines is 3. The fraction of sp³-hybridized carbons (Fsp3) is 0.455. The van der Waals surface area contributed by atoms with Crippen molar-refractivity contribution in [2.45, 2.75) is 46.6 Å². The maximum Gasteiger partial charge on any atom is 0.224 e. The number of nitrogens with zero attached hydrogens (tertiary/aromatic N) is 3. The average molecular weight is 393 g/mol. The molecule has 0 spiro atoms.